The summed E-state index contributed by atoms with van der Waals surface area (Å²) in [7, 11) is -3.36. The third kappa shape index (κ3) is 3.51. The van der Waals surface area contributed by atoms with Crippen LogP contribution in [0.25, 0.3) is 0 Å². The van der Waals surface area contributed by atoms with Crippen LogP contribution in [0.15, 0.2) is 66.7 Å². The molecular formula is C22H21O6P. The van der Waals surface area contributed by atoms with Gasteiger partial charge in [0.15, 0.2) is 7.14 Å². The molecule has 0 spiro atoms. The highest BCUT2D eigenvalue weighted by atomic mass is 31.2. The van der Waals surface area contributed by atoms with Gasteiger partial charge in [-0.2, -0.15) is 0 Å². The predicted molar refractivity (Wildman–Crippen MR) is 111 cm³/mol. The van der Waals surface area contributed by atoms with Crippen molar-refractivity contribution in [2.24, 2.45) is 0 Å². The van der Waals surface area contributed by atoms with Gasteiger partial charge < -0.3 is 29.0 Å². The van der Waals surface area contributed by atoms with Crippen LogP contribution in [0.3, 0.4) is 0 Å². The number of ether oxygens (including phenoxy) is 3. The Hall–Kier alpha value is -2.79. The van der Waals surface area contributed by atoms with Crippen LogP contribution in [0.5, 0.6) is 23.0 Å². The highest BCUT2D eigenvalue weighted by Gasteiger charge is 2.41. The average molecular weight is 412 g/mol. The Morgan fingerprint density at radius 2 is 1.34 bits per heavy atom. The Balaban J connectivity index is 1.96. The molecule has 4 rings (SSSR count). The van der Waals surface area contributed by atoms with Gasteiger partial charge in [-0.15, -0.1) is 0 Å². The third-order valence-corrected chi connectivity index (χ3v) is 7.73. The molecule has 6 nitrogen and oxygen atoms in total. The Kier molecular flexibility index (Phi) is 5.58. The summed E-state index contributed by atoms with van der Waals surface area (Å²) in [5.74, 6) is 1.95. The Labute approximate surface area is 168 Å². The molecule has 1 heterocycles. The highest BCUT2D eigenvalue weighted by molar-refractivity contribution is 7.86. The lowest BCUT2D eigenvalue weighted by molar-refractivity contribution is 0.198. The van der Waals surface area contributed by atoms with Gasteiger partial charge in [0.05, 0.1) is 29.1 Å². The van der Waals surface area contributed by atoms with Crippen LogP contribution in [0, 0.1) is 0 Å². The van der Waals surface area contributed by atoms with Crippen molar-refractivity contribution in [3.63, 3.8) is 0 Å². The summed E-state index contributed by atoms with van der Waals surface area (Å²) in [4.78, 5) is 0. The zero-order chi connectivity index (χ0) is 20.3. The second-order valence-electron chi connectivity index (χ2n) is 6.42. The Morgan fingerprint density at radius 1 is 0.759 bits per heavy atom. The maximum atomic E-state index is 14.8. The number of aliphatic hydroxyl groups is 2. The molecule has 7 heteroatoms. The summed E-state index contributed by atoms with van der Waals surface area (Å²) in [5, 5.41) is 19.9. The molecule has 0 aliphatic carbocycles. The molecule has 0 amide bonds. The quantitative estimate of drug-likeness (QED) is 0.453. The lowest BCUT2D eigenvalue weighted by atomic mass is 10.3. The summed E-state index contributed by atoms with van der Waals surface area (Å²) in [6.07, 6.45) is 0. The van der Waals surface area contributed by atoms with Gasteiger partial charge in [-0.3, -0.25) is 0 Å². The smallest absolute Gasteiger partial charge is 0.182 e. The van der Waals surface area contributed by atoms with Crippen molar-refractivity contribution in [3.05, 3.63) is 66.7 Å². The minimum atomic E-state index is -3.36. The summed E-state index contributed by atoms with van der Waals surface area (Å²) < 4.78 is 32.0. The van der Waals surface area contributed by atoms with Crippen LogP contribution in [0.2, 0.25) is 0 Å². The monoisotopic (exact) mass is 412 g/mol. The van der Waals surface area contributed by atoms with E-state index in [1.807, 2.05) is 24.3 Å². The molecule has 0 saturated carbocycles. The predicted octanol–water partition coefficient (Wildman–Crippen LogP) is 2.17. The topological polar surface area (TPSA) is 85.2 Å². The number of hydrogen-bond donors (Lipinski definition) is 2. The van der Waals surface area contributed by atoms with Crippen LogP contribution in [0.1, 0.15) is 0 Å². The van der Waals surface area contributed by atoms with Gasteiger partial charge in [0.25, 0.3) is 0 Å². The van der Waals surface area contributed by atoms with Crippen molar-refractivity contribution in [2.45, 2.75) is 0 Å². The molecule has 2 N–H and O–H groups in total. The van der Waals surface area contributed by atoms with Crippen molar-refractivity contribution >= 4 is 23.1 Å². The van der Waals surface area contributed by atoms with Crippen molar-refractivity contribution in [1.29, 1.82) is 0 Å². The third-order valence-electron chi connectivity index (χ3n) is 4.61. The first-order valence-corrected chi connectivity index (χ1v) is 11.0. The van der Waals surface area contributed by atoms with E-state index in [1.165, 1.54) is 0 Å². The summed E-state index contributed by atoms with van der Waals surface area (Å²) in [6, 6.07) is 19.5. The molecule has 0 radical (unpaired) electrons. The first-order chi connectivity index (χ1) is 14.2. The van der Waals surface area contributed by atoms with E-state index < -0.39 is 7.14 Å². The van der Waals surface area contributed by atoms with Gasteiger partial charge in [0.1, 0.15) is 36.2 Å². The number of fused-ring (bicyclic) bond motifs is 2. The van der Waals surface area contributed by atoms with E-state index in [1.54, 1.807) is 42.5 Å². The molecule has 0 bridgehead atoms. The number of para-hydroxylation sites is 2. The molecule has 0 atom stereocenters. The second kappa shape index (κ2) is 8.29. The average Bonchev–Trinajstić information content (AvgIpc) is 2.76. The maximum Gasteiger partial charge on any atom is 0.182 e. The molecular weight excluding hydrogens is 391 g/mol. The fraction of sp³-hybridized carbons (Fsp3) is 0.182. The van der Waals surface area contributed by atoms with E-state index in [9.17, 15) is 9.67 Å². The molecule has 0 saturated heterocycles. The number of hydrogen-bond acceptors (Lipinski definition) is 6. The first-order valence-electron chi connectivity index (χ1n) is 9.27. The number of benzene rings is 3. The van der Waals surface area contributed by atoms with Crippen molar-refractivity contribution in [2.75, 3.05) is 26.4 Å². The van der Waals surface area contributed by atoms with Crippen molar-refractivity contribution in [1.82, 2.24) is 0 Å². The molecule has 0 unspecified atom stereocenters. The molecule has 150 valence electrons. The molecule has 3 aromatic carbocycles. The molecule has 1 aliphatic rings. The standard InChI is InChI=1S/C22H21O6P/c23-11-13-26-16-9-10-17(27-14-12-24)22(15-16)29(25)20-7-3-1-5-18(20)28-19-6-2-4-8-21(19)29/h1-10,15,23-24H,11-14H2. The van der Waals surface area contributed by atoms with Crippen LogP contribution < -0.4 is 30.1 Å². The van der Waals surface area contributed by atoms with Crippen molar-refractivity contribution in [3.8, 4) is 23.0 Å². The minimum Gasteiger partial charge on any atom is -0.491 e. The lowest BCUT2D eigenvalue weighted by Crippen LogP contribution is -2.31. The molecule has 3 aromatic rings. The molecule has 0 fully saturated rings. The summed E-state index contributed by atoms with van der Waals surface area (Å²) >= 11 is 0. The van der Waals surface area contributed by atoms with Gasteiger partial charge in [-0.25, -0.2) is 0 Å². The molecule has 29 heavy (non-hydrogen) atoms. The Morgan fingerprint density at radius 3 is 1.97 bits per heavy atom. The van der Waals surface area contributed by atoms with Gasteiger partial charge in [0, 0.05) is 0 Å². The highest BCUT2D eigenvalue weighted by Crippen LogP contribution is 2.53. The van der Waals surface area contributed by atoms with Crippen LogP contribution in [-0.2, 0) is 4.57 Å². The SMILES string of the molecule is O=P1(c2cc(OCCO)ccc2OCCO)c2ccccc2Oc2ccccc21. The minimum absolute atomic E-state index is 0.0731. The van der Waals surface area contributed by atoms with E-state index >= 15 is 0 Å². The maximum absolute atomic E-state index is 14.8. The van der Waals surface area contributed by atoms with Gasteiger partial charge in [0.2, 0.25) is 0 Å². The molecule has 1 aliphatic heterocycles. The van der Waals surface area contributed by atoms with Gasteiger partial charge in [-0.05, 0) is 42.5 Å². The largest absolute Gasteiger partial charge is 0.491 e. The number of rotatable bonds is 7. The van der Waals surface area contributed by atoms with Crippen molar-refractivity contribution < 1.29 is 29.0 Å². The van der Waals surface area contributed by atoms with Crippen LogP contribution in [0.4, 0.5) is 0 Å². The number of aliphatic hydroxyl groups excluding tert-OH is 2. The van der Waals surface area contributed by atoms with E-state index in [2.05, 4.69) is 0 Å². The second-order valence-corrected chi connectivity index (χ2v) is 9.08. The van der Waals surface area contributed by atoms with Gasteiger partial charge in [-0.1, -0.05) is 24.3 Å². The van der Waals surface area contributed by atoms with E-state index in [0.717, 1.165) is 0 Å². The fourth-order valence-corrected chi connectivity index (χ4v) is 6.38. The zero-order valence-corrected chi connectivity index (χ0v) is 16.5. The van der Waals surface area contributed by atoms with E-state index in [-0.39, 0.29) is 26.4 Å². The first kappa shape index (κ1) is 19.5. The molecule has 0 aromatic heterocycles. The summed E-state index contributed by atoms with van der Waals surface area (Å²) in [6.45, 7) is -0.0986. The van der Waals surface area contributed by atoms with E-state index in [4.69, 9.17) is 19.3 Å². The Bertz CT molecular complexity index is 1020. The van der Waals surface area contributed by atoms with Gasteiger partial charge >= 0.3 is 0 Å². The van der Waals surface area contributed by atoms with Crippen LogP contribution >= 0.6 is 7.14 Å². The summed E-state index contributed by atoms with van der Waals surface area (Å²) in [5.41, 5.74) is 0. The lowest BCUT2D eigenvalue weighted by Gasteiger charge is -2.30. The van der Waals surface area contributed by atoms with Crippen LogP contribution in [-0.4, -0.2) is 36.6 Å². The zero-order valence-electron chi connectivity index (χ0n) is 15.7. The van der Waals surface area contributed by atoms with E-state index in [0.29, 0.717) is 38.9 Å². The fourth-order valence-electron chi connectivity index (χ4n) is 3.39. The normalized spacial score (nSPS) is 13.7.